The second kappa shape index (κ2) is 7.07. The van der Waals surface area contributed by atoms with Gasteiger partial charge in [0.1, 0.15) is 18.3 Å². The normalized spacial score (nSPS) is 11.9. The number of thiophene rings is 1. The molecule has 0 aliphatic rings. The van der Waals surface area contributed by atoms with Gasteiger partial charge < -0.3 is 14.6 Å². The van der Waals surface area contributed by atoms with Crippen LogP contribution in [0.2, 0.25) is 0 Å². The summed E-state index contributed by atoms with van der Waals surface area (Å²) >= 11 is 1.43. The zero-order valence-electron chi connectivity index (χ0n) is 11.1. The lowest BCUT2D eigenvalue weighted by Gasteiger charge is -2.12. The Balaban J connectivity index is 1.93. The molecule has 0 bridgehead atoms. The van der Waals surface area contributed by atoms with E-state index >= 15 is 0 Å². The van der Waals surface area contributed by atoms with Crippen molar-refractivity contribution < 1.29 is 19.4 Å². The van der Waals surface area contributed by atoms with E-state index in [1.54, 1.807) is 7.11 Å². The molecule has 0 spiro atoms. The fourth-order valence-electron chi connectivity index (χ4n) is 1.75. The van der Waals surface area contributed by atoms with Crippen molar-refractivity contribution in [3.05, 3.63) is 52.2 Å². The number of carbonyl (C=O) groups excluding carboxylic acids is 1. The largest absolute Gasteiger partial charge is 0.497 e. The molecule has 0 saturated carbocycles. The summed E-state index contributed by atoms with van der Waals surface area (Å²) in [5.74, 6) is -0.258. The highest BCUT2D eigenvalue weighted by molar-refractivity contribution is 7.10. The van der Waals surface area contributed by atoms with Gasteiger partial charge in [-0.25, -0.2) is 0 Å². The number of esters is 1. The first-order chi connectivity index (χ1) is 9.74. The van der Waals surface area contributed by atoms with Crippen LogP contribution in [0.5, 0.6) is 5.75 Å². The summed E-state index contributed by atoms with van der Waals surface area (Å²) in [6, 6.07) is 11.0. The topological polar surface area (TPSA) is 55.8 Å². The lowest BCUT2D eigenvalue weighted by Crippen LogP contribution is -2.18. The number of methoxy groups -OCH3 is 1. The van der Waals surface area contributed by atoms with Gasteiger partial charge in [0.15, 0.2) is 0 Å². The highest BCUT2D eigenvalue weighted by atomic mass is 32.1. The van der Waals surface area contributed by atoms with E-state index in [2.05, 4.69) is 0 Å². The lowest BCUT2D eigenvalue weighted by atomic mass is 10.1. The van der Waals surface area contributed by atoms with Crippen molar-refractivity contribution >= 4 is 17.3 Å². The first-order valence-electron chi connectivity index (χ1n) is 6.18. The minimum absolute atomic E-state index is 0.185. The standard InChI is InChI=1S/C15H16O4S/c1-18-12-6-4-11(5-7-12)10-19-15(17)13(9-16)14-3-2-8-20-14/h2-8,13,16H,9-10H2,1H3. The van der Waals surface area contributed by atoms with Crippen LogP contribution < -0.4 is 4.74 Å². The van der Waals surface area contributed by atoms with Gasteiger partial charge in [-0.15, -0.1) is 11.3 Å². The molecule has 0 aliphatic heterocycles. The number of aliphatic hydroxyl groups is 1. The SMILES string of the molecule is COc1ccc(COC(=O)C(CO)c2cccs2)cc1. The second-order valence-corrected chi connectivity index (χ2v) is 5.19. The molecule has 0 fully saturated rings. The van der Waals surface area contributed by atoms with E-state index in [-0.39, 0.29) is 13.2 Å². The molecule has 1 aromatic carbocycles. The molecule has 1 atom stereocenters. The molecule has 0 aliphatic carbocycles. The van der Waals surface area contributed by atoms with Crippen LogP contribution in [0.3, 0.4) is 0 Å². The van der Waals surface area contributed by atoms with Gasteiger partial charge in [-0.2, -0.15) is 0 Å². The predicted octanol–water partition coefficient (Wildman–Crippen LogP) is 2.58. The lowest BCUT2D eigenvalue weighted by molar-refractivity contribution is -0.147. The van der Waals surface area contributed by atoms with Gasteiger partial charge in [-0.1, -0.05) is 18.2 Å². The molecule has 1 aromatic heterocycles. The van der Waals surface area contributed by atoms with E-state index < -0.39 is 11.9 Å². The van der Waals surface area contributed by atoms with Gasteiger partial charge in [-0.3, -0.25) is 4.79 Å². The quantitative estimate of drug-likeness (QED) is 0.831. The molecule has 1 unspecified atom stereocenters. The van der Waals surface area contributed by atoms with Gasteiger partial charge in [0, 0.05) is 4.88 Å². The van der Waals surface area contributed by atoms with Gasteiger partial charge in [0.05, 0.1) is 13.7 Å². The summed E-state index contributed by atoms with van der Waals surface area (Å²) in [6.45, 7) is -0.0628. The molecule has 106 valence electrons. The van der Waals surface area contributed by atoms with Crippen LogP contribution in [0.25, 0.3) is 0 Å². The third-order valence-electron chi connectivity index (χ3n) is 2.89. The zero-order chi connectivity index (χ0) is 14.4. The molecule has 0 amide bonds. The maximum Gasteiger partial charge on any atom is 0.316 e. The van der Waals surface area contributed by atoms with E-state index in [4.69, 9.17) is 9.47 Å². The first kappa shape index (κ1) is 14.6. The maximum absolute atomic E-state index is 12.0. The maximum atomic E-state index is 12.0. The minimum atomic E-state index is -0.603. The Morgan fingerprint density at radius 3 is 2.60 bits per heavy atom. The van der Waals surface area contributed by atoms with Crippen molar-refractivity contribution in [3.8, 4) is 5.75 Å². The Bertz CT molecular complexity index is 534. The first-order valence-corrected chi connectivity index (χ1v) is 7.06. The summed E-state index contributed by atoms with van der Waals surface area (Å²) in [4.78, 5) is 12.8. The number of hydrogen-bond acceptors (Lipinski definition) is 5. The van der Waals surface area contributed by atoms with E-state index in [1.807, 2.05) is 41.8 Å². The van der Waals surface area contributed by atoms with E-state index in [9.17, 15) is 9.90 Å². The van der Waals surface area contributed by atoms with Gasteiger partial charge >= 0.3 is 5.97 Å². The smallest absolute Gasteiger partial charge is 0.316 e. The van der Waals surface area contributed by atoms with Crippen molar-refractivity contribution in [3.63, 3.8) is 0 Å². The third-order valence-corrected chi connectivity index (χ3v) is 3.88. The summed E-state index contributed by atoms with van der Waals surface area (Å²) in [7, 11) is 1.60. The van der Waals surface area contributed by atoms with E-state index in [0.29, 0.717) is 0 Å². The van der Waals surface area contributed by atoms with Crippen LogP contribution in [0.4, 0.5) is 0 Å². The van der Waals surface area contributed by atoms with Crippen LogP contribution in [-0.4, -0.2) is 24.8 Å². The molecule has 4 nitrogen and oxygen atoms in total. The average molecular weight is 292 g/mol. The van der Waals surface area contributed by atoms with E-state index in [1.165, 1.54) is 11.3 Å². The van der Waals surface area contributed by atoms with Crippen molar-refractivity contribution in [1.82, 2.24) is 0 Å². The number of carbonyl (C=O) groups is 1. The van der Waals surface area contributed by atoms with Crippen LogP contribution in [0.1, 0.15) is 16.4 Å². The summed E-state index contributed by atoms with van der Waals surface area (Å²) in [6.07, 6.45) is 0. The molecular formula is C15H16O4S. The molecule has 2 aromatic rings. The predicted molar refractivity (Wildman–Crippen MR) is 76.9 cm³/mol. The Morgan fingerprint density at radius 2 is 2.05 bits per heavy atom. The molecule has 0 saturated heterocycles. The van der Waals surface area contributed by atoms with Crippen molar-refractivity contribution in [2.75, 3.05) is 13.7 Å². The van der Waals surface area contributed by atoms with Crippen molar-refractivity contribution in [1.29, 1.82) is 0 Å². The Labute approximate surface area is 121 Å². The number of hydrogen-bond donors (Lipinski definition) is 1. The molecule has 1 N–H and O–H groups in total. The number of benzene rings is 1. The molecule has 2 rings (SSSR count). The zero-order valence-corrected chi connectivity index (χ0v) is 11.9. The number of aliphatic hydroxyl groups excluding tert-OH is 1. The van der Waals surface area contributed by atoms with Gasteiger partial charge in [0.25, 0.3) is 0 Å². The van der Waals surface area contributed by atoms with Gasteiger partial charge in [0.2, 0.25) is 0 Å². The Morgan fingerprint density at radius 1 is 1.30 bits per heavy atom. The van der Waals surface area contributed by atoms with Crippen LogP contribution >= 0.6 is 11.3 Å². The minimum Gasteiger partial charge on any atom is -0.497 e. The summed E-state index contributed by atoms with van der Waals surface area (Å²) < 4.78 is 10.3. The van der Waals surface area contributed by atoms with Crippen LogP contribution in [0, 0.1) is 0 Å². The Kier molecular flexibility index (Phi) is 5.15. The number of rotatable bonds is 6. The highest BCUT2D eigenvalue weighted by Gasteiger charge is 2.22. The molecule has 0 radical (unpaired) electrons. The second-order valence-electron chi connectivity index (χ2n) is 4.21. The fraction of sp³-hybridized carbons (Fsp3) is 0.267. The van der Waals surface area contributed by atoms with Crippen molar-refractivity contribution in [2.24, 2.45) is 0 Å². The highest BCUT2D eigenvalue weighted by Crippen LogP contribution is 2.22. The van der Waals surface area contributed by atoms with Crippen LogP contribution in [0.15, 0.2) is 41.8 Å². The molecular weight excluding hydrogens is 276 g/mol. The monoisotopic (exact) mass is 292 g/mol. The Hall–Kier alpha value is -1.85. The third kappa shape index (κ3) is 3.59. The fourth-order valence-corrected chi connectivity index (χ4v) is 2.55. The van der Waals surface area contributed by atoms with Crippen LogP contribution in [-0.2, 0) is 16.1 Å². The summed E-state index contributed by atoms with van der Waals surface area (Å²) in [5.41, 5.74) is 0.877. The molecule has 5 heteroatoms. The number of ether oxygens (including phenoxy) is 2. The van der Waals surface area contributed by atoms with Crippen molar-refractivity contribution in [2.45, 2.75) is 12.5 Å². The molecule has 1 heterocycles. The average Bonchev–Trinajstić information content (AvgIpc) is 3.00. The summed E-state index contributed by atoms with van der Waals surface area (Å²) in [5, 5.41) is 11.2. The molecule has 20 heavy (non-hydrogen) atoms. The van der Waals surface area contributed by atoms with Gasteiger partial charge in [-0.05, 0) is 29.1 Å². The van der Waals surface area contributed by atoms with E-state index in [0.717, 1.165) is 16.2 Å².